The van der Waals surface area contributed by atoms with Crippen LogP contribution in [0.5, 0.6) is 0 Å². The fraction of sp³-hybridized carbons (Fsp3) is 0.0714. The molecule has 1 N–H and O–H groups in total. The molecule has 100 valence electrons. The highest BCUT2D eigenvalue weighted by molar-refractivity contribution is 7.71. The lowest BCUT2D eigenvalue weighted by Crippen LogP contribution is -1.93. The van der Waals surface area contributed by atoms with Crippen LogP contribution in [0.1, 0.15) is 11.1 Å². The number of aromatic amines is 1. The molecule has 0 bridgehead atoms. The van der Waals surface area contributed by atoms with Gasteiger partial charge in [-0.3, -0.25) is 0 Å². The molecule has 2 heterocycles. The van der Waals surface area contributed by atoms with Gasteiger partial charge in [-0.15, -0.1) is 11.3 Å². The van der Waals surface area contributed by atoms with Crippen LogP contribution in [0.15, 0.2) is 46.9 Å². The fourth-order valence-corrected chi connectivity index (χ4v) is 2.62. The Kier molecular flexibility index (Phi) is 3.58. The molecule has 3 rings (SSSR count). The van der Waals surface area contributed by atoms with Gasteiger partial charge in [0.2, 0.25) is 4.77 Å². The molecule has 0 radical (unpaired) electrons. The summed E-state index contributed by atoms with van der Waals surface area (Å²) >= 11 is 6.82. The first kappa shape index (κ1) is 13.0. The minimum absolute atomic E-state index is 0.483. The molecule has 20 heavy (non-hydrogen) atoms. The van der Waals surface area contributed by atoms with Crippen molar-refractivity contribution in [3.05, 3.63) is 57.7 Å². The number of nitrogens with zero attached hydrogens (tertiary/aromatic N) is 3. The third kappa shape index (κ3) is 2.61. The number of aryl methyl sites for hydroxylation is 1. The van der Waals surface area contributed by atoms with Gasteiger partial charge < -0.3 is 0 Å². The van der Waals surface area contributed by atoms with Crippen molar-refractivity contribution in [2.24, 2.45) is 5.10 Å². The maximum Gasteiger partial charge on any atom is 0.216 e. The second kappa shape index (κ2) is 5.52. The van der Waals surface area contributed by atoms with Crippen molar-refractivity contribution in [2.45, 2.75) is 6.92 Å². The van der Waals surface area contributed by atoms with E-state index in [-0.39, 0.29) is 0 Å². The zero-order valence-corrected chi connectivity index (χ0v) is 12.4. The Morgan fingerprint density at radius 1 is 1.30 bits per heavy atom. The molecule has 0 unspecified atom stereocenters. The van der Waals surface area contributed by atoms with Crippen molar-refractivity contribution < 1.29 is 0 Å². The zero-order chi connectivity index (χ0) is 13.9. The van der Waals surface area contributed by atoms with E-state index in [1.807, 2.05) is 29.6 Å². The molecule has 4 nitrogen and oxygen atoms in total. The van der Waals surface area contributed by atoms with E-state index < -0.39 is 0 Å². The number of hydrogen-bond acceptors (Lipinski definition) is 4. The normalized spacial score (nSPS) is 11.2. The van der Waals surface area contributed by atoms with Gasteiger partial charge in [0, 0.05) is 0 Å². The van der Waals surface area contributed by atoms with E-state index in [1.165, 1.54) is 5.56 Å². The first-order chi connectivity index (χ1) is 9.74. The Labute approximate surface area is 125 Å². The van der Waals surface area contributed by atoms with E-state index in [0.717, 1.165) is 16.3 Å². The van der Waals surface area contributed by atoms with E-state index in [1.54, 1.807) is 22.2 Å². The number of thiophene rings is 1. The SMILES string of the molecule is Cc1ccc(C=Nn2c(-c3cccs3)n[nH]c2=S)cc1. The van der Waals surface area contributed by atoms with Crippen molar-refractivity contribution in [1.82, 2.24) is 14.9 Å². The number of aromatic nitrogens is 3. The van der Waals surface area contributed by atoms with Gasteiger partial charge in [0.15, 0.2) is 5.82 Å². The maximum absolute atomic E-state index is 5.22. The monoisotopic (exact) mass is 300 g/mol. The molecule has 6 heteroatoms. The summed E-state index contributed by atoms with van der Waals surface area (Å²) in [6.07, 6.45) is 1.78. The van der Waals surface area contributed by atoms with Crippen molar-refractivity contribution in [2.75, 3.05) is 0 Å². The van der Waals surface area contributed by atoms with Gasteiger partial charge in [-0.05, 0) is 36.2 Å². The summed E-state index contributed by atoms with van der Waals surface area (Å²) in [5.74, 6) is 0.730. The predicted molar refractivity (Wildman–Crippen MR) is 84.9 cm³/mol. The van der Waals surface area contributed by atoms with Gasteiger partial charge >= 0.3 is 0 Å². The smallest absolute Gasteiger partial charge is 0.216 e. The van der Waals surface area contributed by atoms with E-state index >= 15 is 0 Å². The lowest BCUT2D eigenvalue weighted by atomic mass is 10.2. The van der Waals surface area contributed by atoms with Crippen LogP contribution in [0.3, 0.4) is 0 Å². The van der Waals surface area contributed by atoms with E-state index in [4.69, 9.17) is 12.2 Å². The van der Waals surface area contributed by atoms with E-state index in [9.17, 15) is 0 Å². The molecular weight excluding hydrogens is 288 g/mol. The van der Waals surface area contributed by atoms with E-state index in [2.05, 4.69) is 34.4 Å². The van der Waals surface area contributed by atoms with Gasteiger partial charge in [-0.25, -0.2) is 5.10 Å². The lowest BCUT2D eigenvalue weighted by Gasteiger charge is -1.98. The number of H-pyrrole nitrogens is 1. The van der Waals surface area contributed by atoms with Crippen LogP contribution >= 0.6 is 23.6 Å². The molecule has 0 aliphatic rings. The largest absolute Gasteiger partial charge is 0.250 e. The van der Waals surface area contributed by atoms with Crippen LogP contribution in [-0.4, -0.2) is 21.1 Å². The summed E-state index contributed by atoms with van der Waals surface area (Å²) in [6, 6.07) is 12.1. The molecule has 0 aliphatic carbocycles. The summed E-state index contributed by atoms with van der Waals surface area (Å²) in [5.41, 5.74) is 2.25. The molecular formula is C14H12N4S2. The lowest BCUT2D eigenvalue weighted by molar-refractivity contribution is 0.873. The van der Waals surface area contributed by atoms with Gasteiger partial charge in [0.1, 0.15) is 0 Å². The van der Waals surface area contributed by atoms with Gasteiger partial charge in [-0.1, -0.05) is 35.9 Å². The van der Waals surface area contributed by atoms with Crippen molar-refractivity contribution >= 4 is 29.8 Å². The summed E-state index contributed by atoms with van der Waals surface area (Å²) in [6.45, 7) is 2.06. The summed E-state index contributed by atoms with van der Waals surface area (Å²) in [7, 11) is 0. The number of benzene rings is 1. The van der Waals surface area contributed by atoms with Crippen molar-refractivity contribution in [3.8, 4) is 10.7 Å². The first-order valence-corrected chi connectivity index (χ1v) is 7.35. The first-order valence-electron chi connectivity index (χ1n) is 6.06. The molecule has 0 amide bonds. The minimum atomic E-state index is 0.483. The molecule has 3 aromatic rings. The van der Waals surface area contributed by atoms with Gasteiger partial charge in [0.05, 0.1) is 11.1 Å². The molecule has 1 aromatic carbocycles. The van der Waals surface area contributed by atoms with Crippen LogP contribution in [0.4, 0.5) is 0 Å². The molecule has 0 aliphatic heterocycles. The van der Waals surface area contributed by atoms with Crippen LogP contribution in [0, 0.1) is 11.7 Å². The summed E-state index contributed by atoms with van der Waals surface area (Å²) in [4.78, 5) is 1.03. The highest BCUT2D eigenvalue weighted by Crippen LogP contribution is 2.22. The number of hydrogen-bond donors (Lipinski definition) is 1. The van der Waals surface area contributed by atoms with Crippen LogP contribution in [0.2, 0.25) is 0 Å². The number of rotatable bonds is 3. The maximum atomic E-state index is 5.22. The average molecular weight is 300 g/mol. The Morgan fingerprint density at radius 2 is 2.10 bits per heavy atom. The van der Waals surface area contributed by atoms with Crippen LogP contribution in [0.25, 0.3) is 10.7 Å². The Bertz CT molecular complexity index is 779. The Morgan fingerprint density at radius 3 is 2.80 bits per heavy atom. The standard InChI is InChI=1S/C14H12N4S2/c1-10-4-6-11(7-5-10)9-15-18-13(16-17-14(18)19)12-3-2-8-20-12/h2-9H,1H3,(H,17,19). The Balaban J connectivity index is 1.97. The molecule has 0 atom stereocenters. The fourth-order valence-electron chi connectivity index (χ4n) is 1.74. The second-order valence-electron chi connectivity index (χ2n) is 4.30. The van der Waals surface area contributed by atoms with Gasteiger partial charge in [-0.2, -0.15) is 14.9 Å². The third-order valence-corrected chi connectivity index (χ3v) is 3.92. The summed E-state index contributed by atoms with van der Waals surface area (Å²) in [5, 5.41) is 13.4. The topological polar surface area (TPSA) is 46.0 Å². The second-order valence-corrected chi connectivity index (χ2v) is 5.63. The average Bonchev–Trinajstić information content (AvgIpc) is 3.08. The molecule has 0 fully saturated rings. The highest BCUT2D eigenvalue weighted by Gasteiger charge is 2.08. The van der Waals surface area contributed by atoms with Crippen molar-refractivity contribution in [3.63, 3.8) is 0 Å². The van der Waals surface area contributed by atoms with E-state index in [0.29, 0.717) is 4.77 Å². The van der Waals surface area contributed by atoms with Crippen molar-refractivity contribution in [1.29, 1.82) is 0 Å². The zero-order valence-electron chi connectivity index (χ0n) is 10.8. The molecule has 2 aromatic heterocycles. The van der Waals surface area contributed by atoms with Crippen LogP contribution in [-0.2, 0) is 0 Å². The highest BCUT2D eigenvalue weighted by atomic mass is 32.1. The number of nitrogens with one attached hydrogen (secondary N) is 1. The molecule has 0 saturated heterocycles. The quantitative estimate of drug-likeness (QED) is 0.590. The molecule has 0 saturated carbocycles. The third-order valence-electron chi connectivity index (χ3n) is 2.79. The Hall–Kier alpha value is -2.05. The predicted octanol–water partition coefficient (Wildman–Crippen LogP) is 3.86. The van der Waals surface area contributed by atoms with Crippen LogP contribution < -0.4 is 0 Å². The molecule has 0 spiro atoms. The summed E-state index contributed by atoms with van der Waals surface area (Å²) < 4.78 is 2.12. The van der Waals surface area contributed by atoms with Gasteiger partial charge in [0.25, 0.3) is 0 Å². The minimum Gasteiger partial charge on any atom is -0.250 e.